The first kappa shape index (κ1) is 25.9. The third-order valence-electron chi connectivity index (χ3n) is 6.98. The Balaban J connectivity index is 1.26. The maximum Gasteiger partial charge on any atom is 0.305 e. The molecule has 0 saturated carbocycles. The van der Waals surface area contributed by atoms with Gasteiger partial charge in [0, 0.05) is 41.7 Å². The Hall–Kier alpha value is -3.71. The summed E-state index contributed by atoms with van der Waals surface area (Å²) in [6.45, 7) is 7.36. The maximum absolute atomic E-state index is 11.5. The van der Waals surface area contributed by atoms with Gasteiger partial charge in [0.2, 0.25) is 0 Å². The molecular weight excluding hydrogens is 484 g/mol. The van der Waals surface area contributed by atoms with E-state index in [1.54, 1.807) is 0 Å². The topological polar surface area (TPSA) is 72.5 Å². The van der Waals surface area contributed by atoms with E-state index in [4.69, 9.17) is 28.4 Å². The van der Waals surface area contributed by atoms with Crippen molar-refractivity contribution in [3.63, 3.8) is 0 Å². The quantitative estimate of drug-likeness (QED) is 0.228. The largest absolute Gasteiger partial charge is 0.493 e. The van der Waals surface area contributed by atoms with E-state index in [1.807, 2.05) is 37.3 Å². The summed E-state index contributed by atoms with van der Waals surface area (Å²) in [4.78, 5) is 11.5. The van der Waals surface area contributed by atoms with Crippen LogP contribution in [0.5, 0.6) is 23.0 Å². The Morgan fingerprint density at radius 1 is 0.974 bits per heavy atom. The molecule has 1 atom stereocenters. The molecule has 3 aromatic rings. The fourth-order valence-electron chi connectivity index (χ4n) is 5.06. The minimum Gasteiger partial charge on any atom is -0.493 e. The van der Waals surface area contributed by atoms with E-state index in [0.29, 0.717) is 52.5 Å². The van der Waals surface area contributed by atoms with Gasteiger partial charge < -0.3 is 28.4 Å². The summed E-state index contributed by atoms with van der Waals surface area (Å²) in [5.41, 5.74) is 6.67. The number of methoxy groups -OCH3 is 1. The third kappa shape index (κ3) is 5.73. The van der Waals surface area contributed by atoms with Crippen LogP contribution in [0.2, 0.25) is 0 Å². The van der Waals surface area contributed by atoms with E-state index in [2.05, 4.69) is 25.1 Å². The first-order valence-electron chi connectivity index (χ1n) is 13.1. The number of aryl methyl sites for hydroxylation is 1. The highest BCUT2D eigenvalue weighted by Crippen LogP contribution is 2.42. The number of rotatable bonds is 11. The van der Waals surface area contributed by atoms with E-state index in [1.165, 1.54) is 12.7 Å². The minimum atomic E-state index is -0.196. The molecule has 7 nitrogen and oxygen atoms in total. The SMILES string of the molecule is CCOCCOc1cc(C)c2c(c1)COc1ccc(COc3ccc4c(c3)OC[C@H]4CCC(=O)OC)cc1-2. The van der Waals surface area contributed by atoms with Gasteiger partial charge in [-0.2, -0.15) is 0 Å². The van der Waals surface area contributed by atoms with E-state index in [9.17, 15) is 4.79 Å². The molecular formula is C31H34O7. The Morgan fingerprint density at radius 2 is 1.87 bits per heavy atom. The summed E-state index contributed by atoms with van der Waals surface area (Å²) in [5.74, 6) is 3.27. The Labute approximate surface area is 223 Å². The lowest BCUT2D eigenvalue weighted by Crippen LogP contribution is -2.10. The van der Waals surface area contributed by atoms with Crippen LogP contribution in [0.25, 0.3) is 11.1 Å². The molecule has 0 fully saturated rings. The van der Waals surface area contributed by atoms with Crippen molar-refractivity contribution in [2.75, 3.05) is 33.5 Å². The van der Waals surface area contributed by atoms with E-state index in [-0.39, 0.29) is 11.9 Å². The van der Waals surface area contributed by atoms with Crippen molar-refractivity contribution in [1.29, 1.82) is 0 Å². The second-order valence-corrected chi connectivity index (χ2v) is 9.55. The number of carbonyl (C=O) groups excluding carboxylic acids is 1. The fraction of sp³-hybridized carbons (Fsp3) is 0.387. The lowest BCUT2D eigenvalue weighted by atomic mass is 9.91. The van der Waals surface area contributed by atoms with Crippen molar-refractivity contribution in [2.24, 2.45) is 0 Å². The van der Waals surface area contributed by atoms with Crippen LogP contribution >= 0.6 is 0 Å². The molecule has 0 radical (unpaired) electrons. The summed E-state index contributed by atoms with van der Waals surface area (Å²) in [7, 11) is 1.41. The van der Waals surface area contributed by atoms with Crippen LogP contribution in [0, 0.1) is 6.92 Å². The molecule has 2 aliphatic rings. The number of ether oxygens (including phenoxy) is 6. The molecule has 0 bridgehead atoms. The second kappa shape index (κ2) is 11.8. The van der Waals surface area contributed by atoms with Gasteiger partial charge in [-0.3, -0.25) is 4.79 Å². The van der Waals surface area contributed by atoms with Crippen molar-refractivity contribution in [3.8, 4) is 34.1 Å². The molecule has 0 unspecified atom stereocenters. The minimum absolute atomic E-state index is 0.192. The third-order valence-corrected chi connectivity index (χ3v) is 6.98. The van der Waals surface area contributed by atoms with Crippen LogP contribution in [0.3, 0.4) is 0 Å². The summed E-state index contributed by atoms with van der Waals surface area (Å²) in [6, 6.07) is 16.3. The van der Waals surface area contributed by atoms with E-state index < -0.39 is 0 Å². The van der Waals surface area contributed by atoms with Crippen LogP contribution in [-0.4, -0.2) is 39.5 Å². The number of benzene rings is 3. The Bertz CT molecular complexity index is 1300. The predicted molar refractivity (Wildman–Crippen MR) is 143 cm³/mol. The van der Waals surface area contributed by atoms with Crippen LogP contribution in [0.1, 0.15) is 47.9 Å². The van der Waals surface area contributed by atoms with Crippen molar-refractivity contribution in [2.45, 2.75) is 45.8 Å². The molecule has 38 heavy (non-hydrogen) atoms. The molecule has 0 spiro atoms. The second-order valence-electron chi connectivity index (χ2n) is 9.55. The fourth-order valence-corrected chi connectivity index (χ4v) is 5.06. The van der Waals surface area contributed by atoms with Crippen molar-refractivity contribution < 1.29 is 33.2 Å². The number of fused-ring (bicyclic) bond motifs is 4. The zero-order chi connectivity index (χ0) is 26.5. The number of carbonyl (C=O) groups is 1. The van der Waals surface area contributed by atoms with Gasteiger partial charge in [-0.15, -0.1) is 0 Å². The average molecular weight is 519 g/mol. The van der Waals surface area contributed by atoms with Gasteiger partial charge in [-0.1, -0.05) is 12.1 Å². The van der Waals surface area contributed by atoms with E-state index in [0.717, 1.165) is 50.8 Å². The maximum atomic E-state index is 11.5. The average Bonchev–Trinajstić information content (AvgIpc) is 3.34. The first-order chi connectivity index (χ1) is 18.6. The molecule has 2 aliphatic heterocycles. The van der Waals surface area contributed by atoms with Crippen LogP contribution in [-0.2, 0) is 27.5 Å². The van der Waals surface area contributed by atoms with Crippen LogP contribution in [0.15, 0.2) is 48.5 Å². The molecule has 3 aromatic carbocycles. The highest BCUT2D eigenvalue weighted by Gasteiger charge is 2.25. The monoisotopic (exact) mass is 518 g/mol. The lowest BCUT2D eigenvalue weighted by Gasteiger charge is -2.24. The molecule has 0 N–H and O–H groups in total. The van der Waals surface area contributed by atoms with Crippen molar-refractivity contribution in [1.82, 2.24) is 0 Å². The zero-order valence-electron chi connectivity index (χ0n) is 22.2. The summed E-state index contributed by atoms with van der Waals surface area (Å²) in [5, 5.41) is 0. The molecule has 200 valence electrons. The van der Waals surface area contributed by atoms with Crippen LogP contribution < -0.4 is 18.9 Å². The summed E-state index contributed by atoms with van der Waals surface area (Å²) < 4.78 is 34.1. The highest BCUT2D eigenvalue weighted by atomic mass is 16.5. The van der Waals surface area contributed by atoms with E-state index >= 15 is 0 Å². The molecule has 5 rings (SSSR count). The molecule has 0 aliphatic carbocycles. The molecule has 0 saturated heterocycles. The molecule has 7 heteroatoms. The molecule has 0 amide bonds. The summed E-state index contributed by atoms with van der Waals surface area (Å²) in [6.07, 6.45) is 1.09. The zero-order valence-corrected chi connectivity index (χ0v) is 22.2. The standard InChI is InChI=1S/C31H34O7/c1-4-34-11-12-35-25-13-20(2)31-23(15-25)19-37-28-9-5-21(14-27(28)31)17-36-24-7-8-26-22(6-10-30(32)33-3)18-38-29(26)16-24/h5,7-9,13-16,22H,4,6,10-12,17-19H2,1-3H3/t22-/m1/s1. The molecule has 0 aromatic heterocycles. The van der Waals surface area contributed by atoms with Gasteiger partial charge in [0.1, 0.15) is 42.8 Å². The smallest absolute Gasteiger partial charge is 0.305 e. The Kier molecular flexibility index (Phi) is 8.03. The van der Waals surface area contributed by atoms with Gasteiger partial charge in [0.15, 0.2) is 0 Å². The van der Waals surface area contributed by atoms with Crippen LogP contribution in [0.4, 0.5) is 0 Å². The molecule has 2 heterocycles. The van der Waals surface area contributed by atoms with Gasteiger partial charge in [-0.25, -0.2) is 0 Å². The van der Waals surface area contributed by atoms with Gasteiger partial charge in [-0.05, 0) is 67.3 Å². The van der Waals surface area contributed by atoms with Gasteiger partial charge in [0.05, 0.1) is 20.3 Å². The predicted octanol–water partition coefficient (Wildman–Crippen LogP) is 5.98. The van der Waals surface area contributed by atoms with Crippen molar-refractivity contribution in [3.05, 3.63) is 70.8 Å². The highest BCUT2D eigenvalue weighted by molar-refractivity contribution is 5.79. The van der Waals surface area contributed by atoms with Gasteiger partial charge in [0.25, 0.3) is 0 Å². The normalized spacial score (nSPS) is 15.0. The Morgan fingerprint density at radius 3 is 2.71 bits per heavy atom. The number of hydrogen-bond donors (Lipinski definition) is 0. The lowest BCUT2D eigenvalue weighted by molar-refractivity contribution is -0.140. The van der Waals surface area contributed by atoms with Crippen molar-refractivity contribution >= 4 is 5.97 Å². The first-order valence-corrected chi connectivity index (χ1v) is 13.1. The van der Waals surface area contributed by atoms with Gasteiger partial charge >= 0.3 is 5.97 Å². The number of esters is 1. The summed E-state index contributed by atoms with van der Waals surface area (Å²) >= 11 is 0. The number of hydrogen-bond acceptors (Lipinski definition) is 7.